The number of allylic oxidation sites excluding steroid dienone is 3. The molecule has 3 aromatic rings. The molecule has 3 aliphatic rings. The van der Waals surface area contributed by atoms with Crippen molar-refractivity contribution in [1.29, 1.82) is 0 Å². The standard InChI is InChI=1S/C31H25NO4/c1-2-36-31(35)21-15-9-10-16-24(21)32-29(33)27-22-17-18-23(28(27)30(32)34)26(22)25(19-11-5-3-6-12-19)20-13-7-4-8-14-20/h3-18,22-23,27-28H,2H2,1H3/t22-,23+,27-,28-/m0/s1. The smallest absolute Gasteiger partial charge is 0.340 e. The molecule has 178 valence electrons. The number of fused-ring (bicyclic) bond motifs is 5. The van der Waals surface area contributed by atoms with E-state index in [4.69, 9.17) is 4.74 Å². The van der Waals surface area contributed by atoms with Crippen LogP contribution in [0.4, 0.5) is 5.69 Å². The molecule has 0 N–H and O–H groups in total. The molecule has 2 fully saturated rings. The van der Waals surface area contributed by atoms with E-state index >= 15 is 0 Å². The van der Waals surface area contributed by atoms with Gasteiger partial charge in [0.05, 0.1) is 29.7 Å². The zero-order valence-electron chi connectivity index (χ0n) is 19.8. The molecule has 0 unspecified atom stereocenters. The maximum Gasteiger partial charge on any atom is 0.340 e. The van der Waals surface area contributed by atoms with Gasteiger partial charge in [-0.1, -0.05) is 84.9 Å². The fraction of sp³-hybridized carbons (Fsp3) is 0.194. The number of ether oxygens (including phenoxy) is 1. The molecule has 36 heavy (non-hydrogen) atoms. The third-order valence-corrected chi connectivity index (χ3v) is 7.47. The monoisotopic (exact) mass is 475 g/mol. The van der Waals surface area contributed by atoms with Gasteiger partial charge < -0.3 is 4.74 Å². The number of hydrogen-bond donors (Lipinski definition) is 0. The van der Waals surface area contributed by atoms with Gasteiger partial charge in [0, 0.05) is 11.8 Å². The molecular formula is C31H25NO4. The van der Waals surface area contributed by atoms with Crippen molar-refractivity contribution < 1.29 is 19.1 Å². The molecule has 1 saturated heterocycles. The van der Waals surface area contributed by atoms with Crippen LogP contribution in [0.3, 0.4) is 0 Å². The number of para-hydroxylation sites is 1. The first-order chi connectivity index (χ1) is 17.6. The van der Waals surface area contributed by atoms with Crippen LogP contribution in [0.5, 0.6) is 0 Å². The molecular weight excluding hydrogens is 450 g/mol. The summed E-state index contributed by atoms with van der Waals surface area (Å²) in [7, 11) is 0. The van der Waals surface area contributed by atoms with Crippen LogP contribution in [0.25, 0.3) is 5.57 Å². The molecule has 2 amide bonds. The van der Waals surface area contributed by atoms with Gasteiger partial charge in [0.2, 0.25) is 11.8 Å². The van der Waals surface area contributed by atoms with E-state index < -0.39 is 17.8 Å². The minimum atomic E-state index is -0.539. The molecule has 2 aliphatic carbocycles. The van der Waals surface area contributed by atoms with Gasteiger partial charge in [-0.2, -0.15) is 0 Å². The first kappa shape index (κ1) is 22.2. The summed E-state index contributed by atoms with van der Waals surface area (Å²) in [5.41, 5.74) is 4.89. The molecule has 1 aliphatic heterocycles. The Morgan fingerprint density at radius 1 is 0.750 bits per heavy atom. The highest BCUT2D eigenvalue weighted by Crippen LogP contribution is 2.59. The Kier molecular flexibility index (Phi) is 5.41. The minimum Gasteiger partial charge on any atom is -0.462 e. The van der Waals surface area contributed by atoms with Crippen molar-refractivity contribution in [1.82, 2.24) is 0 Å². The molecule has 1 heterocycles. The number of imide groups is 1. The molecule has 6 rings (SSSR count). The van der Waals surface area contributed by atoms with Crippen LogP contribution >= 0.6 is 0 Å². The van der Waals surface area contributed by atoms with Crippen LogP contribution in [-0.2, 0) is 14.3 Å². The van der Waals surface area contributed by atoms with Crippen LogP contribution in [0.1, 0.15) is 28.4 Å². The Morgan fingerprint density at radius 2 is 1.25 bits per heavy atom. The maximum absolute atomic E-state index is 13.9. The van der Waals surface area contributed by atoms with E-state index in [1.165, 1.54) is 4.90 Å². The van der Waals surface area contributed by atoms with Crippen LogP contribution in [0, 0.1) is 23.7 Å². The number of hydrogen-bond acceptors (Lipinski definition) is 4. The lowest BCUT2D eigenvalue weighted by molar-refractivity contribution is -0.122. The van der Waals surface area contributed by atoms with E-state index in [2.05, 4.69) is 36.4 Å². The Bertz CT molecular complexity index is 1350. The minimum absolute atomic E-state index is 0.174. The Balaban J connectivity index is 1.45. The normalized spacial score (nSPS) is 23.8. The molecule has 1 saturated carbocycles. The fourth-order valence-electron chi connectivity index (χ4n) is 6.09. The number of carbonyl (C=O) groups excluding carboxylic acids is 3. The molecule has 0 radical (unpaired) electrons. The third kappa shape index (κ3) is 3.27. The molecule has 5 heteroatoms. The van der Waals surface area contributed by atoms with Crippen LogP contribution in [0.15, 0.2) is 103 Å². The predicted molar refractivity (Wildman–Crippen MR) is 137 cm³/mol. The largest absolute Gasteiger partial charge is 0.462 e. The van der Waals surface area contributed by atoms with Crippen molar-refractivity contribution in [3.63, 3.8) is 0 Å². The van der Waals surface area contributed by atoms with E-state index in [0.29, 0.717) is 5.69 Å². The zero-order chi connectivity index (χ0) is 24.8. The number of benzene rings is 3. The summed E-state index contributed by atoms with van der Waals surface area (Å²) in [5, 5.41) is 0. The summed E-state index contributed by atoms with van der Waals surface area (Å²) in [5.74, 6) is -2.37. The third-order valence-electron chi connectivity index (χ3n) is 7.47. The number of carbonyl (C=O) groups is 3. The highest BCUT2D eigenvalue weighted by Gasteiger charge is 2.62. The van der Waals surface area contributed by atoms with Crippen LogP contribution in [-0.4, -0.2) is 24.4 Å². The summed E-state index contributed by atoms with van der Waals surface area (Å²) >= 11 is 0. The second-order valence-electron chi connectivity index (χ2n) is 9.30. The van der Waals surface area contributed by atoms with Gasteiger partial charge >= 0.3 is 5.97 Å². The fourth-order valence-corrected chi connectivity index (χ4v) is 6.09. The Hall–Kier alpha value is -4.25. The van der Waals surface area contributed by atoms with Gasteiger partial charge in [0.15, 0.2) is 0 Å². The van der Waals surface area contributed by atoms with E-state index in [9.17, 15) is 14.4 Å². The molecule has 2 bridgehead atoms. The Labute approximate surface area is 209 Å². The highest BCUT2D eigenvalue weighted by atomic mass is 16.5. The van der Waals surface area contributed by atoms with Crippen molar-refractivity contribution in [2.45, 2.75) is 6.92 Å². The van der Waals surface area contributed by atoms with Gasteiger partial charge in [-0.15, -0.1) is 0 Å². The van der Waals surface area contributed by atoms with Crippen molar-refractivity contribution in [3.8, 4) is 0 Å². The van der Waals surface area contributed by atoms with Gasteiger partial charge in [0.1, 0.15) is 0 Å². The second kappa shape index (κ2) is 8.76. The average molecular weight is 476 g/mol. The molecule has 5 nitrogen and oxygen atoms in total. The van der Waals surface area contributed by atoms with E-state index in [1.807, 2.05) is 36.4 Å². The number of esters is 1. The second-order valence-corrected chi connectivity index (χ2v) is 9.30. The number of nitrogens with zero attached hydrogens (tertiary/aromatic N) is 1. The topological polar surface area (TPSA) is 63.7 Å². The van der Waals surface area contributed by atoms with Crippen molar-refractivity contribution in [2.75, 3.05) is 11.5 Å². The summed E-state index contributed by atoms with van der Waals surface area (Å²) in [6.07, 6.45) is 4.16. The van der Waals surface area contributed by atoms with Crippen molar-refractivity contribution in [2.24, 2.45) is 23.7 Å². The van der Waals surface area contributed by atoms with E-state index in [-0.39, 0.29) is 35.8 Å². The molecule has 0 aromatic heterocycles. The Morgan fingerprint density at radius 3 is 1.78 bits per heavy atom. The number of amides is 2. The van der Waals surface area contributed by atoms with E-state index in [1.54, 1.807) is 31.2 Å². The zero-order valence-corrected chi connectivity index (χ0v) is 19.8. The number of anilines is 1. The highest BCUT2D eigenvalue weighted by molar-refractivity contribution is 6.25. The maximum atomic E-state index is 13.9. The molecule has 3 aromatic carbocycles. The summed E-state index contributed by atoms with van der Waals surface area (Å²) < 4.78 is 5.19. The SMILES string of the molecule is CCOC(=O)c1ccccc1N1C(=O)[C@@H]2[C@@H](C1=O)[C@H]1C=C[C@@H]2C1=C(c1ccccc1)c1ccccc1. The van der Waals surface area contributed by atoms with Crippen LogP contribution < -0.4 is 4.90 Å². The molecule has 0 spiro atoms. The van der Waals surface area contributed by atoms with Gasteiger partial charge in [-0.05, 0) is 41.3 Å². The van der Waals surface area contributed by atoms with Gasteiger partial charge in [0.25, 0.3) is 0 Å². The lowest BCUT2D eigenvalue weighted by Gasteiger charge is -2.22. The van der Waals surface area contributed by atoms with E-state index in [0.717, 1.165) is 22.3 Å². The summed E-state index contributed by atoms with van der Waals surface area (Å²) in [4.78, 5) is 41.5. The first-order valence-corrected chi connectivity index (χ1v) is 12.3. The number of rotatable bonds is 5. The summed E-state index contributed by atoms with van der Waals surface area (Å²) in [6.45, 7) is 1.94. The lowest BCUT2D eigenvalue weighted by Crippen LogP contribution is -2.34. The quantitative estimate of drug-likeness (QED) is 0.286. The van der Waals surface area contributed by atoms with Crippen molar-refractivity contribution >= 4 is 29.0 Å². The van der Waals surface area contributed by atoms with Gasteiger partial charge in [-0.3, -0.25) is 9.59 Å². The molecule has 4 atom stereocenters. The predicted octanol–water partition coefficient (Wildman–Crippen LogP) is 5.29. The van der Waals surface area contributed by atoms with Crippen molar-refractivity contribution in [3.05, 3.63) is 119 Å². The first-order valence-electron chi connectivity index (χ1n) is 12.3. The lowest BCUT2D eigenvalue weighted by atomic mass is 9.85. The summed E-state index contributed by atoms with van der Waals surface area (Å²) in [6, 6.07) is 27.0. The van der Waals surface area contributed by atoms with Crippen LogP contribution in [0.2, 0.25) is 0 Å². The van der Waals surface area contributed by atoms with Gasteiger partial charge in [-0.25, -0.2) is 9.69 Å². The average Bonchev–Trinajstić information content (AvgIpc) is 3.54.